The fourth-order valence-electron chi connectivity index (χ4n) is 3.34. The molecular weight excluding hydrogens is 234 g/mol. The van der Waals surface area contributed by atoms with Crippen LogP contribution in [0.4, 0.5) is 0 Å². The van der Waals surface area contributed by atoms with E-state index in [4.69, 9.17) is 0 Å². The van der Waals surface area contributed by atoms with Gasteiger partial charge in [0.1, 0.15) is 6.29 Å². The van der Waals surface area contributed by atoms with Crippen LogP contribution in [0.2, 0.25) is 0 Å². The van der Waals surface area contributed by atoms with Crippen LogP contribution in [0, 0.1) is 11.8 Å². The van der Waals surface area contributed by atoms with E-state index >= 15 is 0 Å². The van der Waals surface area contributed by atoms with Crippen molar-refractivity contribution in [1.82, 2.24) is 5.32 Å². The summed E-state index contributed by atoms with van der Waals surface area (Å²) in [7, 11) is 2.03. The van der Waals surface area contributed by atoms with Crippen molar-refractivity contribution in [1.29, 1.82) is 0 Å². The van der Waals surface area contributed by atoms with E-state index in [2.05, 4.69) is 38.2 Å². The van der Waals surface area contributed by atoms with Crippen molar-refractivity contribution in [3.63, 3.8) is 0 Å². The molecule has 0 aromatic carbocycles. The minimum absolute atomic E-state index is 0.00625. The molecule has 2 unspecified atom stereocenters. The van der Waals surface area contributed by atoms with Gasteiger partial charge in [-0.2, -0.15) is 0 Å². The number of carbonyl (C=O) groups is 1. The lowest BCUT2D eigenvalue weighted by atomic mass is 9.81. The van der Waals surface area contributed by atoms with Crippen LogP contribution in [0.15, 0.2) is 23.3 Å². The molecule has 0 aromatic heterocycles. The van der Waals surface area contributed by atoms with Crippen molar-refractivity contribution in [2.75, 3.05) is 7.05 Å². The van der Waals surface area contributed by atoms with E-state index in [0.29, 0.717) is 5.92 Å². The first-order valence-corrected chi connectivity index (χ1v) is 7.55. The van der Waals surface area contributed by atoms with Gasteiger partial charge in [-0.15, -0.1) is 0 Å². The Morgan fingerprint density at radius 1 is 1.47 bits per heavy atom. The topological polar surface area (TPSA) is 29.1 Å². The van der Waals surface area contributed by atoms with Crippen LogP contribution >= 0.6 is 0 Å². The van der Waals surface area contributed by atoms with Crippen molar-refractivity contribution in [2.24, 2.45) is 11.8 Å². The Kier molecular flexibility index (Phi) is 5.99. The van der Waals surface area contributed by atoms with Crippen LogP contribution in [0.5, 0.6) is 0 Å². The van der Waals surface area contributed by atoms with E-state index in [-0.39, 0.29) is 5.54 Å². The first-order valence-electron chi connectivity index (χ1n) is 7.55. The molecule has 2 nitrogen and oxygen atoms in total. The lowest BCUT2D eigenvalue weighted by molar-refractivity contribution is -0.105. The smallest absolute Gasteiger partial charge is 0.146 e. The van der Waals surface area contributed by atoms with Gasteiger partial charge >= 0.3 is 0 Å². The molecule has 1 aliphatic rings. The highest BCUT2D eigenvalue weighted by Gasteiger charge is 2.41. The van der Waals surface area contributed by atoms with Crippen LogP contribution in [-0.2, 0) is 4.79 Å². The SMILES string of the molecule is C/C=C\C(=C(\C=O)CC)C1(NC)CCC(C(C)C)C1. The van der Waals surface area contributed by atoms with E-state index in [1.54, 1.807) is 0 Å². The maximum Gasteiger partial charge on any atom is 0.146 e. The molecule has 2 heteroatoms. The predicted molar refractivity (Wildman–Crippen MR) is 82.2 cm³/mol. The zero-order valence-corrected chi connectivity index (χ0v) is 13.1. The third-order valence-corrected chi connectivity index (χ3v) is 4.69. The molecule has 1 aliphatic carbocycles. The summed E-state index contributed by atoms with van der Waals surface area (Å²) in [5.74, 6) is 1.46. The minimum Gasteiger partial charge on any atom is -0.310 e. The first kappa shape index (κ1) is 16.2. The number of nitrogens with one attached hydrogen (secondary N) is 1. The number of aldehydes is 1. The molecule has 1 saturated carbocycles. The molecule has 19 heavy (non-hydrogen) atoms. The highest BCUT2D eigenvalue weighted by Crippen LogP contribution is 2.44. The Labute approximate surface area is 118 Å². The predicted octanol–water partition coefficient (Wildman–Crippen LogP) is 3.88. The van der Waals surface area contributed by atoms with Gasteiger partial charge in [0.15, 0.2) is 0 Å². The van der Waals surface area contributed by atoms with Crippen LogP contribution in [-0.4, -0.2) is 18.9 Å². The second-order valence-electron chi connectivity index (χ2n) is 5.99. The van der Waals surface area contributed by atoms with Crippen LogP contribution in [0.25, 0.3) is 0 Å². The fraction of sp³-hybridized carbons (Fsp3) is 0.706. The zero-order chi connectivity index (χ0) is 14.5. The summed E-state index contributed by atoms with van der Waals surface area (Å²) >= 11 is 0. The molecule has 1 rings (SSSR count). The summed E-state index contributed by atoms with van der Waals surface area (Å²) in [6.07, 6.45) is 9.54. The standard InChI is InChI=1S/C17H29NO/c1-6-8-16(14(7-2)12-19)17(18-5)10-9-15(11-17)13(3)4/h6,8,12-13,15,18H,7,9-11H2,1-5H3/b8-6-,16-14-. The van der Waals surface area contributed by atoms with Crippen molar-refractivity contribution >= 4 is 6.29 Å². The van der Waals surface area contributed by atoms with E-state index in [1.807, 2.05) is 14.0 Å². The van der Waals surface area contributed by atoms with Crippen molar-refractivity contribution in [3.8, 4) is 0 Å². The van der Waals surface area contributed by atoms with Gasteiger partial charge in [0.25, 0.3) is 0 Å². The normalized spacial score (nSPS) is 29.1. The molecule has 0 amide bonds. The summed E-state index contributed by atoms with van der Waals surface area (Å²) in [4.78, 5) is 11.4. The second-order valence-corrected chi connectivity index (χ2v) is 5.99. The first-order chi connectivity index (χ1) is 9.04. The highest BCUT2D eigenvalue weighted by atomic mass is 16.1. The molecule has 0 radical (unpaired) electrons. The molecule has 0 aromatic rings. The van der Waals surface area contributed by atoms with Gasteiger partial charge in [-0.05, 0) is 62.6 Å². The average molecular weight is 263 g/mol. The van der Waals surface area contributed by atoms with Gasteiger partial charge in [-0.1, -0.05) is 32.9 Å². The molecule has 1 N–H and O–H groups in total. The third kappa shape index (κ3) is 3.36. The van der Waals surface area contributed by atoms with Crippen molar-refractivity contribution in [3.05, 3.63) is 23.3 Å². The number of carbonyl (C=O) groups excluding carboxylic acids is 1. The van der Waals surface area contributed by atoms with Gasteiger partial charge in [0.05, 0.1) is 0 Å². The molecule has 2 atom stereocenters. The van der Waals surface area contributed by atoms with Crippen LogP contribution in [0.3, 0.4) is 0 Å². The molecule has 0 spiro atoms. The highest BCUT2D eigenvalue weighted by molar-refractivity contribution is 5.76. The number of likely N-dealkylation sites (N-methyl/N-ethyl adjacent to an activating group) is 1. The molecule has 0 heterocycles. The van der Waals surface area contributed by atoms with E-state index in [1.165, 1.54) is 12.0 Å². The lowest BCUT2D eigenvalue weighted by Crippen LogP contribution is -2.43. The Morgan fingerprint density at radius 2 is 2.16 bits per heavy atom. The summed E-state index contributed by atoms with van der Waals surface area (Å²) in [6.45, 7) is 8.69. The number of hydrogen-bond acceptors (Lipinski definition) is 2. The largest absolute Gasteiger partial charge is 0.310 e. The lowest BCUT2D eigenvalue weighted by Gasteiger charge is -2.33. The van der Waals surface area contributed by atoms with Gasteiger partial charge < -0.3 is 5.32 Å². The number of rotatable bonds is 6. The molecule has 0 saturated heterocycles. The molecule has 1 fully saturated rings. The van der Waals surface area contributed by atoms with Crippen LogP contribution < -0.4 is 5.32 Å². The quantitative estimate of drug-likeness (QED) is 0.447. The van der Waals surface area contributed by atoms with Gasteiger partial charge in [-0.25, -0.2) is 0 Å². The van der Waals surface area contributed by atoms with Crippen LogP contribution in [0.1, 0.15) is 53.4 Å². The van der Waals surface area contributed by atoms with E-state index in [0.717, 1.165) is 37.0 Å². The minimum atomic E-state index is -0.00625. The van der Waals surface area contributed by atoms with Crippen molar-refractivity contribution < 1.29 is 4.79 Å². The van der Waals surface area contributed by atoms with Gasteiger partial charge in [0.2, 0.25) is 0 Å². The van der Waals surface area contributed by atoms with E-state index in [9.17, 15) is 4.79 Å². The Hall–Kier alpha value is -0.890. The molecular formula is C17H29NO. The monoisotopic (exact) mass is 263 g/mol. The summed E-state index contributed by atoms with van der Waals surface area (Å²) in [6, 6.07) is 0. The third-order valence-electron chi connectivity index (χ3n) is 4.69. The Balaban J connectivity index is 3.19. The summed E-state index contributed by atoms with van der Waals surface area (Å²) < 4.78 is 0. The summed E-state index contributed by atoms with van der Waals surface area (Å²) in [5.41, 5.74) is 2.14. The van der Waals surface area contributed by atoms with E-state index < -0.39 is 0 Å². The maximum absolute atomic E-state index is 11.4. The molecule has 0 aliphatic heterocycles. The fourth-order valence-corrected chi connectivity index (χ4v) is 3.34. The summed E-state index contributed by atoms with van der Waals surface area (Å²) in [5, 5.41) is 3.53. The Morgan fingerprint density at radius 3 is 2.53 bits per heavy atom. The molecule has 0 bridgehead atoms. The van der Waals surface area contributed by atoms with Gasteiger partial charge in [-0.3, -0.25) is 4.79 Å². The average Bonchev–Trinajstić information content (AvgIpc) is 2.85. The van der Waals surface area contributed by atoms with Crippen molar-refractivity contribution in [2.45, 2.75) is 58.9 Å². The maximum atomic E-state index is 11.4. The Bertz CT molecular complexity index is 367. The number of hydrogen-bond donors (Lipinski definition) is 1. The molecule has 108 valence electrons. The number of allylic oxidation sites excluding steroid dienone is 2. The second kappa shape index (κ2) is 7.04. The zero-order valence-electron chi connectivity index (χ0n) is 13.1. The van der Waals surface area contributed by atoms with Gasteiger partial charge in [0, 0.05) is 5.54 Å².